The molecule has 14 heteroatoms. The van der Waals surface area contributed by atoms with E-state index in [-0.39, 0.29) is 48.1 Å². The van der Waals surface area contributed by atoms with E-state index in [1.54, 1.807) is 37.3 Å². The maximum Gasteiger partial charge on any atom is 0.303 e. The molecule has 4 aliphatic carbocycles. The van der Waals surface area contributed by atoms with E-state index in [2.05, 4.69) is 19.9 Å². The molecular formula is C46H66O14. The molecule has 0 bridgehead atoms. The number of ketones is 2. The minimum Gasteiger partial charge on any atom is -0.454 e. The third-order valence-electron chi connectivity index (χ3n) is 15.5. The lowest BCUT2D eigenvalue weighted by molar-refractivity contribution is -0.348. The molecule has 334 valence electrons. The van der Waals surface area contributed by atoms with E-state index in [0.717, 1.165) is 32.1 Å². The van der Waals surface area contributed by atoms with E-state index in [0.29, 0.717) is 43.6 Å². The van der Waals surface area contributed by atoms with Crippen LogP contribution in [0, 0.1) is 34.5 Å². The van der Waals surface area contributed by atoms with Gasteiger partial charge in [0.2, 0.25) is 0 Å². The maximum atomic E-state index is 14.0. The number of aliphatic hydroxyl groups is 5. The fourth-order valence-corrected chi connectivity index (χ4v) is 12.0. The zero-order chi connectivity index (χ0) is 43.1. The minimum absolute atomic E-state index is 0.0392. The first kappa shape index (κ1) is 45.4. The number of ether oxygens (including phenoxy) is 6. The summed E-state index contributed by atoms with van der Waals surface area (Å²) in [6.07, 6.45) is -3.43. The third kappa shape index (κ3) is 8.31. The van der Waals surface area contributed by atoms with Gasteiger partial charge in [-0.25, -0.2) is 0 Å². The molecule has 2 aliphatic heterocycles. The normalized spacial score (nSPS) is 43.2. The van der Waals surface area contributed by atoms with Crippen molar-refractivity contribution in [3.05, 3.63) is 47.5 Å². The first-order valence-electron chi connectivity index (χ1n) is 22.1. The standard InChI is InChI=1S/C46H66O14/c1-6-7-13-33(49)25(2)46(54)37(21-32-30-15-14-28-20-29(48)16-18-44(28,4)31(30)17-19-45(32,46)5)59-43-41(58-26(3)47)39(36(52)24-57-43)60-42-40(38(53)35(51)23-56-42)55-22-34(50)27-11-9-8-10-12-27/h8-12,14,25,29-32,35-43,48,51-54H,6-7,13,15-24H2,1-5H3/t25-,29+,30?,31?,32?,35-,36+,37+,38+,39-,40+,41-,42+,43-,44+,45+,46-/m1/s1. The first-order chi connectivity index (χ1) is 28.5. The van der Waals surface area contributed by atoms with Crippen molar-refractivity contribution in [2.45, 2.75) is 166 Å². The second-order valence-electron chi connectivity index (χ2n) is 18.9. The van der Waals surface area contributed by atoms with E-state index < -0.39 is 84.8 Å². The lowest BCUT2D eigenvalue weighted by Crippen LogP contribution is -2.64. The molecule has 6 aliphatic rings. The average molecular weight is 843 g/mol. The molecule has 0 spiro atoms. The van der Waals surface area contributed by atoms with Crippen LogP contribution in [0.25, 0.3) is 0 Å². The summed E-state index contributed by atoms with van der Waals surface area (Å²) in [6.45, 7) is 8.26. The smallest absolute Gasteiger partial charge is 0.303 e. The lowest BCUT2D eigenvalue weighted by Gasteiger charge is -2.59. The molecule has 0 radical (unpaired) electrons. The Morgan fingerprint density at radius 2 is 1.60 bits per heavy atom. The van der Waals surface area contributed by atoms with E-state index >= 15 is 0 Å². The van der Waals surface area contributed by atoms with Crippen LogP contribution < -0.4 is 0 Å². The van der Waals surface area contributed by atoms with Gasteiger partial charge in [-0.1, -0.05) is 76.1 Å². The van der Waals surface area contributed by atoms with Gasteiger partial charge in [-0.3, -0.25) is 14.4 Å². The second kappa shape index (κ2) is 18.2. The number of carbonyl (C=O) groups is 3. The quantitative estimate of drug-likeness (QED) is 0.103. The number of hydrogen-bond donors (Lipinski definition) is 5. The number of esters is 1. The number of allylic oxidation sites excluding steroid dienone is 1. The van der Waals surface area contributed by atoms with Gasteiger partial charge in [0.15, 0.2) is 24.5 Å². The number of unbranched alkanes of at least 4 members (excludes halogenated alkanes) is 1. The molecule has 60 heavy (non-hydrogen) atoms. The molecule has 5 fully saturated rings. The Morgan fingerprint density at radius 3 is 2.30 bits per heavy atom. The molecule has 7 rings (SSSR count). The van der Waals surface area contributed by atoms with Crippen molar-refractivity contribution in [2.24, 2.45) is 34.5 Å². The van der Waals surface area contributed by atoms with Crippen molar-refractivity contribution in [3.63, 3.8) is 0 Å². The van der Waals surface area contributed by atoms with Gasteiger partial charge in [-0.05, 0) is 74.5 Å². The topological polar surface area (TPSA) is 208 Å². The largest absolute Gasteiger partial charge is 0.454 e. The molecule has 2 heterocycles. The highest BCUT2D eigenvalue weighted by molar-refractivity contribution is 5.97. The van der Waals surface area contributed by atoms with Crippen molar-refractivity contribution >= 4 is 17.5 Å². The predicted molar refractivity (Wildman–Crippen MR) is 215 cm³/mol. The highest BCUT2D eigenvalue weighted by Gasteiger charge is 2.70. The Morgan fingerprint density at radius 1 is 0.900 bits per heavy atom. The first-order valence-corrected chi connectivity index (χ1v) is 22.1. The van der Waals surface area contributed by atoms with Gasteiger partial charge >= 0.3 is 5.97 Å². The zero-order valence-corrected chi connectivity index (χ0v) is 35.6. The van der Waals surface area contributed by atoms with Crippen molar-refractivity contribution in [3.8, 4) is 0 Å². The van der Waals surface area contributed by atoms with E-state index in [9.17, 15) is 39.9 Å². The van der Waals surface area contributed by atoms with Crippen LogP contribution >= 0.6 is 0 Å². The van der Waals surface area contributed by atoms with Crippen molar-refractivity contribution < 1.29 is 68.3 Å². The summed E-state index contributed by atoms with van der Waals surface area (Å²) < 4.78 is 36.7. The number of Topliss-reactive ketones (excluding diaryl/α,β-unsaturated/α-hetero) is 2. The Balaban J connectivity index is 1.17. The number of fused-ring (bicyclic) bond motifs is 5. The van der Waals surface area contributed by atoms with Crippen LogP contribution in [0.4, 0.5) is 0 Å². The summed E-state index contributed by atoms with van der Waals surface area (Å²) in [5.41, 5.74) is -0.751. The van der Waals surface area contributed by atoms with Gasteiger partial charge < -0.3 is 54.0 Å². The average Bonchev–Trinajstić information content (AvgIpc) is 3.46. The van der Waals surface area contributed by atoms with Crippen LogP contribution in [-0.2, 0) is 38.0 Å². The number of carbonyl (C=O) groups excluding carboxylic acids is 3. The Hall–Kier alpha value is -2.63. The van der Waals surface area contributed by atoms with Crippen LogP contribution in [0.1, 0.15) is 109 Å². The van der Waals surface area contributed by atoms with Crippen molar-refractivity contribution in [2.75, 3.05) is 19.8 Å². The summed E-state index contributed by atoms with van der Waals surface area (Å²) in [7, 11) is 0. The third-order valence-corrected chi connectivity index (χ3v) is 15.5. The summed E-state index contributed by atoms with van der Waals surface area (Å²) in [6, 6.07) is 8.42. The fraction of sp³-hybridized carbons (Fsp3) is 0.761. The lowest BCUT2D eigenvalue weighted by atomic mass is 9.46. The van der Waals surface area contributed by atoms with E-state index in [4.69, 9.17) is 28.4 Å². The van der Waals surface area contributed by atoms with Crippen LogP contribution in [0.2, 0.25) is 0 Å². The van der Waals surface area contributed by atoms with Gasteiger partial charge in [-0.15, -0.1) is 0 Å². The van der Waals surface area contributed by atoms with Gasteiger partial charge in [0.25, 0.3) is 0 Å². The van der Waals surface area contributed by atoms with Crippen LogP contribution in [-0.4, -0.2) is 130 Å². The number of hydrogen-bond acceptors (Lipinski definition) is 14. The monoisotopic (exact) mass is 842 g/mol. The van der Waals surface area contributed by atoms with E-state index in [1.165, 1.54) is 12.5 Å². The highest BCUT2D eigenvalue weighted by atomic mass is 16.7. The van der Waals surface area contributed by atoms with Gasteiger partial charge in [0.05, 0.1) is 25.4 Å². The molecular weight excluding hydrogens is 776 g/mol. The summed E-state index contributed by atoms with van der Waals surface area (Å²) in [5, 5.41) is 56.9. The number of benzene rings is 1. The molecule has 3 unspecified atom stereocenters. The number of rotatable bonds is 14. The van der Waals surface area contributed by atoms with Gasteiger partial charge in [0, 0.05) is 30.2 Å². The molecule has 0 aromatic heterocycles. The highest BCUT2D eigenvalue weighted by Crippen LogP contribution is 2.69. The Kier molecular flexibility index (Phi) is 13.8. The summed E-state index contributed by atoms with van der Waals surface area (Å²) >= 11 is 0. The minimum atomic E-state index is -1.64. The maximum absolute atomic E-state index is 14.0. The second-order valence-corrected chi connectivity index (χ2v) is 18.9. The molecule has 0 amide bonds. The Bertz CT molecular complexity index is 1720. The van der Waals surface area contributed by atoms with Crippen molar-refractivity contribution in [1.29, 1.82) is 0 Å². The molecule has 1 aromatic carbocycles. The number of aliphatic hydroxyl groups excluding tert-OH is 4. The van der Waals surface area contributed by atoms with Crippen molar-refractivity contribution in [1.82, 2.24) is 0 Å². The molecule has 17 atom stereocenters. The zero-order valence-electron chi connectivity index (χ0n) is 35.6. The molecule has 14 nitrogen and oxygen atoms in total. The summed E-state index contributed by atoms with van der Waals surface area (Å²) in [5.74, 6) is -1.50. The molecule has 3 saturated carbocycles. The van der Waals surface area contributed by atoms with E-state index in [1.807, 2.05) is 6.92 Å². The van der Waals surface area contributed by atoms with Crippen LogP contribution in [0.3, 0.4) is 0 Å². The predicted octanol–water partition coefficient (Wildman–Crippen LogP) is 3.81. The van der Waals surface area contributed by atoms with Crippen LogP contribution in [0.5, 0.6) is 0 Å². The van der Waals surface area contributed by atoms with Gasteiger partial charge in [-0.2, -0.15) is 0 Å². The molecule has 1 aromatic rings. The molecule has 2 saturated heterocycles. The Labute approximate surface area is 352 Å². The fourth-order valence-electron chi connectivity index (χ4n) is 12.0. The molecule has 5 N–H and O–H groups in total. The van der Waals surface area contributed by atoms with Gasteiger partial charge in [0.1, 0.15) is 48.5 Å². The summed E-state index contributed by atoms with van der Waals surface area (Å²) in [4.78, 5) is 39.7. The SMILES string of the molecule is CCCCC(=O)[C@@H](C)[C@@]1(O)[C@@H](O[C@H]2OC[C@H](O)[C@@H](O[C@@H]3OC[C@@H](O)[C@H](O)[C@@H]3OCC(=O)c3ccccc3)[C@H]2OC(C)=O)CC2C3CC=C4C[C@@H](O)CC[C@]4(C)C3CC[C@@]21C. The van der Waals surface area contributed by atoms with Crippen LogP contribution in [0.15, 0.2) is 42.0 Å².